The van der Waals surface area contributed by atoms with Crippen molar-refractivity contribution in [3.05, 3.63) is 11.6 Å². The summed E-state index contributed by atoms with van der Waals surface area (Å²) in [4.78, 5) is 0. The molecule has 3 saturated carbocycles. The molecule has 35 atom stereocenters. The van der Waals surface area contributed by atoms with Crippen LogP contribution in [-0.4, -0.2) is 307 Å². The third kappa shape index (κ3) is 15.2. The van der Waals surface area contributed by atoms with Crippen molar-refractivity contribution in [2.75, 3.05) is 52.9 Å². The molecule has 4 aliphatic carbocycles. The van der Waals surface area contributed by atoms with Crippen LogP contribution in [0.4, 0.5) is 0 Å². The molecule has 27 heteroatoms. The van der Waals surface area contributed by atoms with Crippen LogP contribution in [0.3, 0.4) is 0 Å². The number of fused-ring (bicyclic) bond motifs is 3. The van der Waals surface area contributed by atoms with E-state index in [2.05, 4.69) is 47.6 Å². The Bertz CT molecular complexity index is 2520. The molecule has 17 unspecified atom stereocenters. The van der Waals surface area contributed by atoms with Crippen molar-refractivity contribution >= 4 is 0 Å². The Morgan fingerprint density at radius 1 is 0.579 bits per heavy atom. The van der Waals surface area contributed by atoms with Crippen LogP contribution < -0.4 is 0 Å². The second kappa shape index (κ2) is 29.8. The first-order chi connectivity index (χ1) is 43.9. The summed E-state index contributed by atoms with van der Waals surface area (Å²) in [5, 5.41) is 198. The molecular weight excluding hydrogens is 1250 g/mol. The summed E-state index contributed by atoms with van der Waals surface area (Å²) in [5.74, 6) is -2.27. The fourth-order valence-corrected chi connectivity index (χ4v) is 18.0. The zero-order chi connectivity index (χ0) is 71.0. The van der Waals surface area contributed by atoms with Gasteiger partial charge in [-0.2, -0.15) is 0 Å². The smallest absolute Gasteiger partial charge is 0.195 e. The maximum Gasteiger partial charge on any atom is 0.195 e. The van der Waals surface area contributed by atoms with Gasteiger partial charge in [-0.1, -0.05) is 60.1 Å². The van der Waals surface area contributed by atoms with Crippen molar-refractivity contribution in [3.63, 3.8) is 0 Å². The SMILES string of the molecule is CC(CCC(OC[C@@]1(C)OC(COC[C@@]2(C)OC(C)[C@@H](O)C(O)[C@H]2O)[C@@H](O)C(O)[C@H]1O[C@@]1(C)OC(CO)[C@@H](O)C(O)[C@H]1O)C(C)(C)O)[C@H](C)C1CC(O)[C@]2(C)C3CCC(OC[C@]4(C)CC(COC[C@]5(C)OC(CO)[C@H](O)[C@H](O)C5O)[C@H](O)[C@H](O)C4O)C(C)(C)C3=CCC2[C@H]1C. The molecule has 0 aromatic rings. The minimum Gasteiger partial charge on any atom is -0.394 e. The summed E-state index contributed by atoms with van der Waals surface area (Å²) < 4.78 is 55.8. The zero-order valence-corrected chi connectivity index (χ0v) is 58.2. The lowest BCUT2D eigenvalue weighted by Gasteiger charge is -2.62. The molecule has 4 heterocycles. The molecule has 0 aromatic carbocycles. The third-order valence-electron chi connectivity index (χ3n) is 24.8. The molecule has 8 aliphatic rings. The highest BCUT2D eigenvalue weighted by Crippen LogP contribution is 2.64. The molecule has 0 amide bonds. The van der Waals surface area contributed by atoms with E-state index in [1.807, 2.05) is 0 Å². The average Bonchev–Trinajstić information content (AvgIpc) is 0.715. The van der Waals surface area contributed by atoms with Gasteiger partial charge in [-0.15, -0.1) is 0 Å². The van der Waals surface area contributed by atoms with E-state index < -0.39 is 205 Å². The lowest BCUT2D eigenvalue weighted by molar-refractivity contribution is -0.402. The monoisotopic (exact) mass is 1370 g/mol. The second-order valence-corrected chi connectivity index (χ2v) is 32.6. The van der Waals surface area contributed by atoms with E-state index in [-0.39, 0.29) is 74.5 Å². The van der Waals surface area contributed by atoms with Crippen molar-refractivity contribution in [2.24, 2.45) is 57.7 Å². The average molecular weight is 1370 g/mol. The van der Waals surface area contributed by atoms with Crippen LogP contribution in [0.2, 0.25) is 0 Å². The number of allylic oxidation sites excluding steroid dienone is 1. The highest BCUT2D eigenvalue weighted by Gasteiger charge is 2.63. The molecule has 7 fully saturated rings. The van der Waals surface area contributed by atoms with Gasteiger partial charge in [0.1, 0.15) is 114 Å². The van der Waals surface area contributed by atoms with Crippen molar-refractivity contribution < 1.29 is 135 Å². The van der Waals surface area contributed by atoms with Crippen molar-refractivity contribution in [3.8, 4) is 0 Å². The van der Waals surface area contributed by atoms with Gasteiger partial charge in [-0.3, -0.25) is 0 Å². The van der Waals surface area contributed by atoms with Gasteiger partial charge in [0.15, 0.2) is 5.79 Å². The molecule has 95 heavy (non-hydrogen) atoms. The quantitative estimate of drug-likeness (QED) is 0.0468. The van der Waals surface area contributed by atoms with E-state index in [1.54, 1.807) is 20.8 Å². The Morgan fingerprint density at radius 3 is 1.72 bits per heavy atom. The third-order valence-corrected chi connectivity index (χ3v) is 24.8. The first-order valence-electron chi connectivity index (χ1n) is 34.6. The molecular formula is C68H120O27. The van der Waals surface area contributed by atoms with Gasteiger partial charge < -0.3 is 135 Å². The number of ether oxygens (including phenoxy) is 9. The number of aliphatic hydroxyl groups is 18. The molecule has 18 N–H and O–H groups in total. The molecule has 8 rings (SSSR count). The van der Waals surface area contributed by atoms with E-state index in [9.17, 15) is 91.9 Å². The van der Waals surface area contributed by atoms with Crippen LogP contribution >= 0.6 is 0 Å². The Labute approximate surface area is 559 Å². The maximum absolute atomic E-state index is 12.6. The summed E-state index contributed by atoms with van der Waals surface area (Å²) in [6.45, 7) is 22.5. The van der Waals surface area contributed by atoms with E-state index in [0.29, 0.717) is 25.7 Å². The Balaban J connectivity index is 0.912. The second-order valence-electron chi connectivity index (χ2n) is 32.6. The lowest BCUT2D eigenvalue weighted by atomic mass is 9.44. The van der Waals surface area contributed by atoms with Gasteiger partial charge in [0, 0.05) is 22.2 Å². The predicted molar refractivity (Wildman–Crippen MR) is 337 cm³/mol. The van der Waals surface area contributed by atoms with Crippen molar-refractivity contribution in [2.45, 2.75) is 304 Å². The molecule has 0 bridgehead atoms. The Hall–Kier alpha value is -1.34. The van der Waals surface area contributed by atoms with Crippen LogP contribution in [0.5, 0.6) is 0 Å². The fraction of sp³-hybridized carbons (Fsp3) is 0.971. The van der Waals surface area contributed by atoms with Crippen LogP contribution in [-0.2, 0) is 42.6 Å². The fourth-order valence-electron chi connectivity index (χ4n) is 18.0. The van der Waals surface area contributed by atoms with Gasteiger partial charge in [0.05, 0.1) is 95.1 Å². The molecule has 554 valence electrons. The summed E-state index contributed by atoms with van der Waals surface area (Å²) >= 11 is 0. The first-order valence-corrected chi connectivity index (χ1v) is 34.6. The van der Waals surface area contributed by atoms with Gasteiger partial charge in [0.2, 0.25) is 0 Å². The van der Waals surface area contributed by atoms with E-state index in [0.717, 1.165) is 12.8 Å². The van der Waals surface area contributed by atoms with E-state index in [4.69, 9.17) is 42.6 Å². The number of aliphatic hydroxyl groups excluding tert-OH is 17. The Kier molecular flexibility index (Phi) is 24.9. The summed E-state index contributed by atoms with van der Waals surface area (Å²) in [5.41, 5.74) is -7.06. The zero-order valence-electron chi connectivity index (χ0n) is 58.2. The van der Waals surface area contributed by atoms with Crippen LogP contribution in [0, 0.1) is 57.7 Å². The van der Waals surface area contributed by atoms with Gasteiger partial charge in [-0.05, 0) is 129 Å². The summed E-state index contributed by atoms with van der Waals surface area (Å²) in [6, 6.07) is 0. The molecule has 0 aromatic heterocycles. The molecule has 4 aliphatic heterocycles. The highest BCUT2D eigenvalue weighted by molar-refractivity contribution is 5.29. The van der Waals surface area contributed by atoms with E-state index in [1.165, 1.54) is 40.2 Å². The van der Waals surface area contributed by atoms with Crippen molar-refractivity contribution in [1.29, 1.82) is 0 Å². The number of hydrogen-bond acceptors (Lipinski definition) is 27. The molecule has 27 nitrogen and oxygen atoms in total. The number of rotatable bonds is 24. The topological polar surface area (TPSA) is 447 Å². The lowest BCUT2D eigenvalue weighted by Crippen LogP contribution is -2.72. The minimum absolute atomic E-state index is 0.0439. The predicted octanol–water partition coefficient (Wildman–Crippen LogP) is -1.92. The maximum atomic E-state index is 12.6. The highest BCUT2D eigenvalue weighted by atomic mass is 16.7. The Morgan fingerprint density at radius 2 is 1.12 bits per heavy atom. The van der Waals surface area contributed by atoms with Gasteiger partial charge in [0.25, 0.3) is 0 Å². The summed E-state index contributed by atoms with van der Waals surface area (Å²) in [7, 11) is 0. The van der Waals surface area contributed by atoms with Gasteiger partial charge >= 0.3 is 0 Å². The van der Waals surface area contributed by atoms with Crippen LogP contribution in [0.1, 0.15) is 142 Å². The summed E-state index contributed by atoms with van der Waals surface area (Å²) in [6.07, 6.45) is -24.7. The standard InChI is InChI=1S/C68H120O27/c1-31(15-19-45(62(7,8)86)90-30-66(12)60(95-68(14)59(85)54(80)49(75)41(24-70)94-68)55(81)50(76)42(93-66)26-88-28-64(10)57(83)51(77)46(72)34(4)91-64)32(2)36-21-43(71)67(13)37(33(36)3)16-17-38-39(67)18-20-44(61(38,5)6)89-27-63(9)22-35(47(73)52(78)56(63)82)25-87-29-65(11)58(84)53(79)48(74)40(23-69)92-65/h17,31-37,39-60,69-86H,15-16,18-30H2,1-14H3/t31?,32-,33-,34?,35?,36?,37?,39?,40?,41?,42?,43?,44?,45?,46+,47-,48-,49+,50+,51?,52-,53-,54?,55?,56?,57+,58?,59+,60+,63-,64+,65-,66+,67-,68+/m0/s1. The van der Waals surface area contributed by atoms with E-state index >= 15 is 0 Å². The molecule has 0 radical (unpaired) electrons. The van der Waals surface area contributed by atoms with Crippen LogP contribution in [0.15, 0.2) is 11.6 Å². The minimum atomic E-state index is -2.22. The molecule has 0 spiro atoms. The first kappa shape index (κ1) is 79.4. The van der Waals surface area contributed by atoms with Gasteiger partial charge in [-0.25, -0.2) is 0 Å². The molecule has 4 saturated heterocycles. The largest absolute Gasteiger partial charge is 0.394 e. The van der Waals surface area contributed by atoms with Crippen LogP contribution in [0.25, 0.3) is 0 Å². The normalized spacial score (nSPS) is 50.6. The van der Waals surface area contributed by atoms with Crippen molar-refractivity contribution in [1.82, 2.24) is 0 Å². The number of hydrogen-bond donors (Lipinski definition) is 18.